The summed E-state index contributed by atoms with van der Waals surface area (Å²) >= 11 is 0. The third kappa shape index (κ3) is 12.9. The molecule has 2 unspecified atom stereocenters. The summed E-state index contributed by atoms with van der Waals surface area (Å²) in [6.45, 7) is 2.14. The summed E-state index contributed by atoms with van der Waals surface area (Å²) in [7, 11) is 0. The van der Waals surface area contributed by atoms with E-state index in [1.807, 2.05) is 36.5 Å². The van der Waals surface area contributed by atoms with Gasteiger partial charge in [0, 0.05) is 6.42 Å². The molecule has 1 saturated heterocycles. The van der Waals surface area contributed by atoms with Crippen molar-refractivity contribution in [1.29, 1.82) is 0 Å². The highest BCUT2D eigenvalue weighted by Crippen LogP contribution is 2.26. The number of aliphatic carboxylic acids is 1. The van der Waals surface area contributed by atoms with Crippen molar-refractivity contribution in [1.82, 2.24) is 0 Å². The quantitative estimate of drug-likeness (QED) is 0.272. The van der Waals surface area contributed by atoms with E-state index in [1.165, 1.54) is 0 Å². The van der Waals surface area contributed by atoms with Gasteiger partial charge in [0.15, 0.2) is 0 Å². The molecule has 0 saturated carbocycles. The van der Waals surface area contributed by atoms with Gasteiger partial charge >= 0.3 is 5.97 Å². The fraction of sp³-hybridized carbons (Fsp3) is 0.409. The molecule has 0 aromatic rings. The fourth-order valence-corrected chi connectivity index (χ4v) is 2.14. The Bertz CT molecular complexity index is 535. The molecule has 1 rings (SSSR count). The molecule has 1 N–H and O–H groups in total. The number of hydrogen-bond acceptors (Lipinski definition) is 2. The Balaban J connectivity index is 2.04. The lowest BCUT2D eigenvalue weighted by molar-refractivity contribution is -0.136. The molecule has 1 aliphatic rings. The first-order valence-corrected chi connectivity index (χ1v) is 9.06. The van der Waals surface area contributed by atoms with Gasteiger partial charge in [0.1, 0.15) is 6.10 Å². The molecule has 25 heavy (non-hydrogen) atoms. The van der Waals surface area contributed by atoms with E-state index in [0.717, 1.165) is 25.7 Å². The van der Waals surface area contributed by atoms with E-state index in [0.29, 0.717) is 6.42 Å². The van der Waals surface area contributed by atoms with Crippen molar-refractivity contribution in [3.63, 3.8) is 0 Å². The average Bonchev–Trinajstić information content (AvgIpc) is 3.33. The molecule has 1 fully saturated rings. The first-order chi connectivity index (χ1) is 12.2. The van der Waals surface area contributed by atoms with Crippen LogP contribution in [0, 0.1) is 0 Å². The first-order valence-electron chi connectivity index (χ1n) is 9.06. The van der Waals surface area contributed by atoms with Crippen LogP contribution in [0.25, 0.3) is 0 Å². The van der Waals surface area contributed by atoms with Crippen molar-refractivity contribution >= 4 is 5.97 Å². The first kappa shape index (κ1) is 20.9. The van der Waals surface area contributed by atoms with Gasteiger partial charge in [-0.05, 0) is 32.1 Å². The molecule has 136 valence electrons. The maximum absolute atomic E-state index is 10.4. The van der Waals surface area contributed by atoms with E-state index < -0.39 is 5.97 Å². The number of allylic oxidation sites excluding steroid dienone is 10. The molecular formula is C22H30O3. The predicted molar refractivity (Wildman–Crippen MR) is 105 cm³/mol. The second-order valence-electron chi connectivity index (χ2n) is 5.80. The Kier molecular flexibility index (Phi) is 11.9. The van der Waals surface area contributed by atoms with Gasteiger partial charge in [0.05, 0.1) is 6.10 Å². The van der Waals surface area contributed by atoms with Gasteiger partial charge in [0.25, 0.3) is 0 Å². The molecule has 0 aromatic heterocycles. The molecule has 2 atom stereocenters. The largest absolute Gasteiger partial charge is 0.481 e. The third-order valence-corrected chi connectivity index (χ3v) is 3.57. The molecule has 0 aromatic carbocycles. The minimum Gasteiger partial charge on any atom is -0.481 e. The Labute approximate surface area is 151 Å². The summed E-state index contributed by atoms with van der Waals surface area (Å²) in [6.07, 6.45) is 30.0. The lowest BCUT2D eigenvalue weighted by Gasteiger charge is -1.87. The van der Waals surface area contributed by atoms with Gasteiger partial charge in [-0.25, -0.2) is 0 Å². The van der Waals surface area contributed by atoms with E-state index in [-0.39, 0.29) is 18.6 Å². The summed E-state index contributed by atoms with van der Waals surface area (Å²) < 4.78 is 5.52. The highest BCUT2D eigenvalue weighted by Gasteiger charge is 2.34. The topological polar surface area (TPSA) is 49.8 Å². The number of hydrogen-bond donors (Lipinski definition) is 1. The fourth-order valence-electron chi connectivity index (χ4n) is 2.14. The van der Waals surface area contributed by atoms with E-state index in [1.54, 1.807) is 0 Å². The van der Waals surface area contributed by atoms with Gasteiger partial charge in [-0.3, -0.25) is 4.79 Å². The van der Waals surface area contributed by atoms with Gasteiger partial charge in [-0.15, -0.1) is 0 Å². The van der Waals surface area contributed by atoms with Crippen molar-refractivity contribution in [3.8, 4) is 0 Å². The summed E-state index contributed by atoms with van der Waals surface area (Å²) in [6, 6.07) is 0. The Morgan fingerprint density at radius 3 is 2.40 bits per heavy atom. The Hall–Kier alpha value is -2.13. The third-order valence-electron chi connectivity index (χ3n) is 3.57. The lowest BCUT2D eigenvalue weighted by Crippen LogP contribution is -1.92. The summed E-state index contributed by atoms with van der Waals surface area (Å²) in [5.74, 6) is -0.755. The minimum absolute atomic E-state index is 0.190. The van der Waals surface area contributed by atoms with Crippen LogP contribution in [0.4, 0.5) is 0 Å². The molecule has 3 heteroatoms. The maximum Gasteiger partial charge on any atom is 0.303 e. The summed E-state index contributed by atoms with van der Waals surface area (Å²) in [5, 5.41) is 8.53. The monoisotopic (exact) mass is 342 g/mol. The van der Waals surface area contributed by atoms with Crippen molar-refractivity contribution in [2.45, 2.75) is 57.7 Å². The normalized spacial score (nSPS) is 21.2. The number of carboxylic acids is 1. The van der Waals surface area contributed by atoms with Crippen molar-refractivity contribution in [2.75, 3.05) is 0 Å². The highest BCUT2D eigenvalue weighted by molar-refractivity contribution is 5.66. The van der Waals surface area contributed by atoms with Gasteiger partial charge in [0.2, 0.25) is 0 Å². The van der Waals surface area contributed by atoms with Crippen LogP contribution in [0.15, 0.2) is 72.9 Å². The van der Waals surface area contributed by atoms with Crippen molar-refractivity contribution < 1.29 is 14.6 Å². The number of rotatable bonds is 13. The zero-order valence-corrected chi connectivity index (χ0v) is 15.1. The van der Waals surface area contributed by atoms with Crippen LogP contribution in [0.2, 0.25) is 0 Å². The zero-order chi connectivity index (χ0) is 18.2. The average molecular weight is 342 g/mol. The van der Waals surface area contributed by atoms with Gasteiger partial charge < -0.3 is 9.84 Å². The van der Waals surface area contributed by atoms with Crippen LogP contribution in [-0.4, -0.2) is 23.3 Å². The van der Waals surface area contributed by atoms with Crippen LogP contribution in [-0.2, 0) is 9.53 Å². The summed E-state index contributed by atoms with van der Waals surface area (Å²) in [5.41, 5.74) is 0. The van der Waals surface area contributed by atoms with Crippen LogP contribution in [0.1, 0.15) is 45.4 Å². The highest BCUT2D eigenvalue weighted by atomic mass is 16.6. The van der Waals surface area contributed by atoms with E-state index >= 15 is 0 Å². The van der Waals surface area contributed by atoms with Crippen LogP contribution in [0.3, 0.4) is 0 Å². The van der Waals surface area contributed by atoms with E-state index in [9.17, 15) is 4.79 Å². The van der Waals surface area contributed by atoms with Gasteiger partial charge in [-0.1, -0.05) is 79.8 Å². The molecule has 0 amide bonds. The number of epoxide rings is 1. The van der Waals surface area contributed by atoms with Crippen molar-refractivity contribution in [2.24, 2.45) is 0 Å². The maximum atomic E-state index is 10.4. The van der Waals surface area contributed by atoms with Crippen LogP contribution in [0.5, 0.6) is 0 Å². The second-order valence-corrected chi connectivity index (χ2v) is 5.80. The molecule has 1 heterocycles. The zero-order valence-electron chi connectivity index (χ0n) is 15.1. The Morgan fingerprint density at radius 1 is 0.920 bits per heavy atom. The standard InChI is InChI=1S/C22H30O3/c1-2-3-4-5-6-7-8-9-10-11-12-14-17-20-21(25-20)18-15-13-16-19-22(23)24/h3-4,6-7,9-15,17,20-21H,2,5,8,16,18-19H2,1H3,(H,23,24)/b4-3-,7-6-,10-9-,12-11-,15-13-,17-14+. The van der Waals surface area contributed by atoms with Crippen molar-refractivity contribution in [3.05, 3.63) is 72.9 Å². The molecule has 0 aliphatic carbocycles. The van der Waals surface area contributed by atoms with Crippen LogP contribution >= 0.6 is 0 Å². The van der Waals surface area contributed by atoms with Crippen LogP contribution < -0.4 is 0 Å². The van der Waals surface area contributed by atoms with E-state index in [2.05, 4.69) is 43.4 Å². The molecule has 3 nitrogen and oxygen atoms in total. The predicted octanol–water partition coefficient (Wildman–Crippen LogP) is 5.54. The number of ether oxygens (including phenoxy) is 1. The second kappa shape index (κ2) is 14.2. The SMILES string of the molecule is CC/C=C\C/C=C\C\C=C/C=C\C=C\C1OC1C/C=C\CCC(=O)O. The summed E-state index contributed by atoms with van der Waals surface area (Å²) in [4.78, 5) is 10.4. The van der Waals surface area contributed by atoms with Gasteiger partial charge in [-0.2, -0.15) is 0 Å². The molecule has 0 radical (unpaired) electrons. The number of carboxylic acid groups (broad SMARTS) is 1. The molecular weight excluding hydrogens is 312 g/mol. The van der Waals surface area contributed by atoms with E-state index in [4.69, 9.17) is 9.84 Å². The molecule has 1 aliphatic heterocycles. The lowest BCUT2D eigenvalue weighted by atomic mass is 10.2. The number of carbonyl (C=O) groups is 1. The Morgan fingerprint density at radius 2 is 1.64 bits per heavy atom. The smallest absolute Gasteiger partial charge is 0.303 e. The molecule has 0 spiro atoms. The molecule has 0 bridgehead atoms. The minimum atomic E-state index is -0.755.